The number of amides is 2. The molecule has 1 atom stereocenters. The van der Waals surface area contributed by atoms with E-state index in [9.17, 15) is 19.2 Å². The number of hydrogen-bond acceptors (Lipinski definition) is 6. The summed E-state index contributed by atoms with van der Waals surface area (Å²) < 4.78 is 13.0. The summed E-state index contributed by atoms with van der Waals surface area (Å²) in [6, 6.07) is 5.98. The Morgan fingerprint density at radius 3 is 2.64 bits per heavy atom. The van der Waals surface area contributed by atoms with Gasteiger partial charge in [-0.15, -0.1) is 6.58 Å². The first-order chi connectivity index (χ1) is 15.8. The summed E-state index contributed by atoms with van der Waals surface area (Å²) in [6.07, 6.45) is 3.64. The number of imide groups is 1. The van der Waals surface area contributed by atoms with E-state index < -0.39 is 24.4 Å². The fourth-order valence-electron chi connectivity index (χ4n) is 4.36. The minimum atomic E-state index is -0.735. The quantitative estimate of drug-likeness (QED) is 0.265. The average Bonchev–Trinajstić information content (AvgIpc) is 3.48. The van der Waals surface area contributed by atoms with Gasteiger partial charge in [0.15, 0.2) is 6.61 Å². The van der Waals surface area contributed by atoms with Gasteiger partial charge in [0.05, 0.1) is 22.8 Å². The maximum Gasteiger partial charge on any atom is 0.338 e. The van der Waals surface area contributed by atoms with Crippen LogP contribution in [0, 0.1) is 13.8 Å². The van der Waals surface area contributed by atoms with Gasteiger partial charge in [0, 0.05) is 36.6 Å². The zero-order valence-electron chi connectivity index (χ0n) is 18.8. The molecule has 2 amide bonds. The standard InChI is InChI=1S/C25H26N2O6/c1-4-9-26-23(29)19-8-7-17(12-21(19)24(26)30)25(31)33-14-22(28)20-11-15(2)27(16(20)3)13-18-6-5-10-32-18/h4,7-8,11-12,18H,1,5-6,9-10,13-14H2,2-3H3/t18-/m1/s1. The van der Waals surface area contributed by atoms with Crippen molar-refractivity contribution in [2.45, 2.75) is 39.3 Å². The van der Waals surface area contributed by atoms with Crippen molar-refractivity contribution in [3.05, 3.63) is 70.6 Å². The van der Waals surface area contributed by atoms with Crippen molar-refractivity contribution in [3.63, 3.8) is 0 Å². The maximum absolute atomic E-state index is 12.8. The number of hydrogen-bond donors (Lipinski definition) is 0. The Morgan fingerprint density at radius 2 is 1.94 bits per heavy atom. The molecule has 8 heteroatoms. The Morgan fingerprint density at radius 1 is 1.18 bits per heavy atom. The lowest BCUT2D eigenvalue weighted by Crippen LogP contribution is -2.29. The van der Waals surface area contributed by atoms with E-state index in [0.29, 0.717) is 12.1 Å². The number of nitrogens with zero attached hydrogens (tertiary/aromatic N) is 2. The third kappa shape index (κ3) is 4.26. The Kier molecular flexibility index (Phi) is 6.29. The molecule has 0 spiro atoms. The van der Waals surface area contributed by atoms with Gasteiger partial charge in [-0.1, -0.05) is 6.08 Å². The fourth-order valence-corrected chi connectivity index (χ4v) is 4.36. The number of esters is 1. The van der Waals surface area contributed by atoms with E-state index in [-0.39, 0.29) is 35.1 Å². The lowest BCUT2D eigenvalue weighted by molar-refractivity contribution is 0.0474. The highest BCUT2D eigenvalue weighted by molar-refractivity contribution is 6.22. The highest BCUT2D eigenvalue weighted by Gasteiger charge is 2.35. The van der Waals surface area contributed by atoms with E-state index >= 15 is 0 Å². The Bertz CT molecular complexity index is 1160. The molecule has 1 fully saturated rings. The van der Waals surface area contributed by atoms with Crippen molar-refractivity contribution >= 4 is 23.6 Å². The van der Waals surface area contributed by atoms with Gasteiger partial charge in [-0.25, -0.2) is 4.79 Å². The number of aromatic nitrogens is 1. The minimum Gasteiger partial charge on any atom is -0.454 e. The molecular formula is C25H26N2O6. The summed E-state index contributed by atoms with van der Waals surface area (Å²) in [7, 11) is 0. The summed E-state index contributed by atoms with van der Waals surface area (Å²) in [5.41, 5.74) is 2.74. The first kappa shape index (κ1) is 22.7. The van der Waals surface area contributed by atoms with Crippen molar-refractivity contribution in [2.75, 3.05) is 19.8 Å². The Hall–Kier alpha value is -3.52. The molecule has 2 aliphatic rings. The Labute approximate surface area is 191 Å². The number of ether oxygens (including phenoxy) is 2. The molecule has 2 aromatic rings. The molecular weight excluding hydrogens is 424 g/mol. The van der Waals surface area contributed by atoms with Gasteiger partial charge in [-0.05, 0) is 51.0 Å². The predicted octanol–water partition coefficient (Wildman–Crippen LogP) is 3.11. The number of ketones is 1. The number of Topliss-reactive ketones (excluding diaryl/α,β-unsaturated/α-hetero) is 1. The van der Waals surface area contributed by atoms with Crippen LogP contribution in [-0.4, -0.2) is 58.9 Å². The number of carbonyl (C=O) groups excluding carboxylic acids is 4. The summed E-state index contributed by atoms with van der Waals surface area (Å²) in [5.74, 6) is -1.95. The number of carbonyl (C=O) groups is 4. The second-order valence-electron chi connectivity index (χ2n) is 8.30. The number of aryl methyl sites for hydroxylation is 1. The second-order valence-corrected chi connectivity index (χ2v) is 8.30. The molecule has 3 heterocycles. The lowest BCUT2D eigenvalue weighted by Gasteiger charge is -2.14. The SMILES string of the molecule is C=CCN1C(=O)c2ccc(C(=O)OCC(=O)c3cc(C)n(C[C@H]4CCCO4)c3C)cc2C1=O. The summed E-state index contributed by atoms with van der Waals surface area (Å²) in [6.45, 7) is 8.47. The van der Waals surface area contributed by atoms with Crippen molar-refractivity contribution in [2.24, 2.45) is 0 Å². The van der Waals surface area contributed by atoms with Gasteiger partial charge >= 0.3 is 5.97 Å². The first-order valence-corrected chi connectivity index (χ1v) is 10.9. The summed E-state index contributed by atoms with van der Waals surface area (Å²) >= 11 is 0. The zero-order chi connectivity index (χ0) is 23.7. The van der Waals surface area contributed by atoms with Crippen LogP contribution < -0.4 is 0 Å². The van der Waals surface area contributed by atoms with Gasteiger partial charge in [-0.2, -0.15) is 0 Å². The molecule has 0 N–H and O–H groups in total. The first-order valence-electron chi connectivity index (χ1n) is 10.9. The van der Waals surface area contributed by atoms with Crippen LogP contribution in [0.2, 0.25) is 0 Å². The summed E-state index contributed by atoms with van der Waals surface area (Å²) in [5, 5.41) is 0. The van der Waals surface area contributed by atoms with Gasteiger partial charge in [-0.3, -0.25) is 19.3 Å². The molecule has 1 saturated heterocycles. The molecule has 8 nitrogen and oxygen atoms in total. The molecule has 0 saturated carbocycles. The molecule has 0 bridgehead atoms. The van der Waals surface area contributed by atoms with E-state index in [0.717, 1.165) is 35.7 Å². The van der Waals surface area contributed by atoms with Gasteiger partial charge in [0.1, 0.15) is 0 Å². The topological polar surface area (TPSA) is 94.9 Å². The smallest absolute Gasteiger partial charge is 0.338 e. The maximum atomic E-state index is 12.8. The van der Waals surface area contributed by atoms with Crippen LogP contribution in [0.1, 0.15) is 65.7 Å². The van der Waals surface area contributed by atoms with E-state index in [4.69, 9.17) is 9.47 Å². The monoisotopic (exact) mass is 450 g/mol. The normalized spacial score (nSPS) is 17.4. The van der Waals surface area contributed by atoms with Gasteiger partial charge in [0.25, 0.3) is 11.8 Å². The van der Waals surface area contributed by atoms with Gasteiger partial charge in [0.2, 0.25) is 5.78 Å². The van der Waals surface area contributed by atoms with Crippen molar-refractivity contribution in [1.29, 1.82) is 0 Å². The van der Waals surface area contributed by atoms with E-state index in [1.165, 1.54) is 24.3 Å². The average molecular weight is 450 g/mol. The highest BCUT2D eigenvalue weighted by atomic mass is 16.5. The molecule has 0 unspecified atom stereocenters. The molecule has 172 valence electrons. The molecule has 0 radical (unpaired) electrons. The Balaban J connectivity index is 1.43. The minimum absolute atomic E-state index is 0.0892. The van der Waals surface area contributed by atoms with Crippen molar-refractivity contribution < 1.29 is 28.7 Å². The number of benzene rings is 1. The van der Waals surface area contributed by atoms with Gasteiger partial charge < -0.3 is 14.0 Å². The largest absolute Gasteiger partial charge is 0.454 e. The highest BCUT2D eigenvalue weighted by Crippen LogP contribution is 2.25. The van der Waals surface area contributed by atoms with E-state index in [2.05, 4.69) is 11.1 Å². The van der Waals surface area contributed by atoms with Crippen LogP contribution in [0.5, 0.6) is 0 Å². The van der Waals surface area contributed by atoms with Crippen LogP contribution in [0.25, 0.3) is 0 Å². The van der Waals surface area contributed by atoms with Crippen LogP contribution in [0.4, 0.5) is 0 Å². The molecule has 1 aromatic carbocycles. The molecule has 0 aliphatic carbocycles. The number of rotatable bonds is 8. The lowest BCUT2D eigenvalue weighted by atomic mass is 10.1. The third-order valence-electron chi connectivity index (χ3n) is 6.14. The fraction of sp³-hybridized carbons (Fsp3) is 0.360. The predicted molar refractivity (Wildman–Crippen MR) is 119 cm³/mol. The zero-order valence-corrected chi connectivity index (χ0v) is 18.8. The number of fused-ring (bicyclic) bond motifs is 1. The van der Waals surface area contributed by atoms with Crippen molar-refractivity contribution in [3.8, 4) is 0 Å². The second kappa shape index (κ2) is 9.15. The van der Waals surface area contributed by atoms with Crippen molar-refractivity contribution in [1.82, 2.24) is 9.47 Å². The van der Waals surface area contributed by atoms with Crippen LogP contribution >= 0.6 is 0 Å². The molecule has 33 heavy (non-hydrogen) atoms. The molecule has 2 aliphatic heterocycles. The third-order valence-corrected chi connectivity index (χ3v) is 6.14. The summed E-state index contributed by atoms with van der Waals surface area (Å²) in [4.78, 5) is 51.1. The molecule has 1 aromatic heterocycles. The molecule has 4 rings (SSSR count). The van der Waals surface area contributed by atoms with Crippen LogP contribution in [0.3, 0.4) is 0 Å². The van der Waals surface area contributed by atoms with Crippen LogP contribution in [0.15, 0.2) is 36.9 Å². The van der Waals surface area contributed by atoms with E-state index in [1.54, 1.807) is 6.07 Å². The van der Waals surface area contributed by atoms with Crippen LogP contribution in [-0.2, 0) is 16.0 Å². The van der Waals surface area contributed by atoms with E-state index in [1.807, 2.05) is 13.8 Å².